The minimum absolute atomic E-state index is 0.505. The number of nitrogen functional groups attached to an aromatic ring is 2. The Labute approximate surface area is 204 Å². The molecule has 5 aromatic rings. The van der Waals surface area contributed by atoms with E-state index in [1.165, 1.54) is 6.21 Å². The number of nitrogens with one attached hydrogen (secondary N) is 2. The van der Waals surface area contributed by atoms with Crippen molar-refractivity contribution in [1.82, 2.24) is 9.97 Å². The summed E-state index contributed by atoms with van der Waals surface area (Å²) in [5.41, 5.74) is 16.2. The Hall–Kier alpha value is -3.68. The first-order chi connectivity index (χ1) is 16.0. The third-order valence-electron chi connectivity index (χ3n) is 4.67. The maximum atomic E-state index is 7.31. The highest BCUT2D eigenvalue weighted by Gasteiger charge is 2.09. The first-order valence-corrected chi connectivity index (χ1v) is 11.0. The van der Waals surface area contributed by atoms with Gasteiger partial charge in [-0.1, -0.05) is 36.4 Å². The first-order valence-electron chi connectivity index (χ1n) is 10.1. The van der Waals surface area contributed by atoms with Crippen LogP contribution in [0.4, 0.5) is 11.4 Å². The summed E-state index contributed by atoms with van der Waals surface area (Å²) < 4.78 is 0. The number of nitrogens with two attached hydrogens (primary N) is 2. The molecule has 2 heterocycles. The average Bonchev–Trinajstić information content (AvgIpc) is 3.30. The van der Waals surface area contributed by atoms with Crippen LogP contribution in [0, 0.1) is 5.41 Å². The second kappa shape index (κ2) is 11.8. The van der Waals surface area contributed by atoms with Crippen LogP contribution >= 0.6 is 25.3 Å². The van der Waals surface area contributed by atoms with E-state index in [-0.39, 0.29) is 0 Å². The standard InChI is InChI=1S/C14H13N5.2C6H6S/c15-7-11-12(16)5-8(6-13(11)17)9-1-3-18-14-10(9)2-4-19-14;2*7-6-4-2-1-3-5-6/h1-7,15H,16-17H2,(H,18,19);2*1-5,7H. The van der Waals surface area contributed by atoms with E-state index in [1.807, 2.05) is 91.1 Å². The Kier molecular flexibility index (Phi) is 8.57. The molecule has 5 nitrogen and oxygen atoms in total. The number of anilines is 2. The normalized spacial score (nSPS) is 9.88. The Morgan fingerprint density at radius 3 is 1.79 bits per heavy atom. The summed E-state index contributed by atoms with van der Waals surface area (Å²) in [6, 6.07) is 27.1. The molecule has 0 saturated heterocycles. The number of rotatable bonds is 2. The summed E-state index contributed by atoms with van der Waals surface area (Å²) in [6.45, 7) is 0. The highest BCUT2D eigenvalue weighted by molar-refractivity contribution is 7.80. The van der Waals surface area contributed by atoms with Crippen molar-refractivity contribution in [2.75, 3.05) is 11.5 Å². The van der Waals surface area contributed by atoms with Gasteiger partial charge < -0.3 is 21.9 Å². The van der Waals surface area contributed by atoms with Crippen LogP contribution in [0.25, 0.3) is 22.2 Å². The van der Waals surface area contributed by atoms with Crippen molar-refractivity contribution in [2.24, 2.45) is 0 Å². The lowest BCUT2D eigenvalue weighted by atomic mass is 10.00. The molecule has 0 saturated carbocycles. The molecule has 0 fully saturated rings. The van der Waals surface area contributed by atoms with Gasteiger partial charge in [0, 0.05) is 50.7 Å². The number of nitrogens with zero attached hydrogens (tertiary/aromatic N) is 1. The first kappa shape index (κ1) is 24.0. The highest BCUT2D eigenvalue weighted by Crippen LogP contribution is 2.31. The van der Waals surface area contributed by atoms with Gasteiger partial charge in [-0.15, -0.1) is 25.3 Å². The summed E-state index contributed by atoms with van der Waals surface area (Å²) in [5.74, 6) is 0. The lowest BCUT2D eigenvalue weighted by Gasteiger charge is -2.09. The van der Waals surface area contributed by atoms with E-state index in [2.05, 4.69) is 35.2 Å². The van der Waals surface area contributed by atoms with Crippen molar-refractivity contribution >= 4 is 53.9 Å². The molecule has 3 aromatic carbocycles. The van der Waals surface area contributed by atoms with Gasteiger partial charge in [0.1, 0.15) is 5.65 Å². The number of hydrogen-bond acceptors (Lipinski definition) is 6. The van der Waals surface area contributed by atoms with Gasteiger partial charge in [0.25, 0.3) is 0 Å². The maximum Gasteiger partial charge on any atom is 0.137 e. The molecule has 0 aliphatic rings. The Balaban J connectivity index is 0.000000178. The Morgan fingerprint density at radius 2 is 1.33 bits per heavy atom. The predicted molar refractivity (Wildman–Crippen MR) is 146 cm³/mol. The minimum Gasteiger partial charge on any atom is -0.398 e. The van der Waals surface area contributed by atoms with Crippen molar-refractivity contribution in [3.63, 3.8) is 0 Å². The van der Waals surface area contributed by atoms with Crippen LogP contribution in [-0.2, 0) is 0 Å². The molecule has 0 aliphatic carbocycles. The molecule has 33 heavy (non-hydrogen) atoms. The summed E-state index contributed by atoms with van der Waals surface area (Å²) >= 11 is 8.17. The number of H-pyrrole nitrogens is 1. The van der Waals surface area contributed by atoms with Crippen LogP contribution in [-0.4, -0.2) is 16.2 Å². The second-order valence-corrected chi connectivity index (χ2v) is 8.02. The monoisotopic (exact) mass is 471 g/mol. The van der Waals surface area contributed by atoms with E-state index in [9.17, 15) is 0 Å². The quantitative estimate of drug-likeness (QED) is 0.103. The van der Waals surface area contributed by atoms with E-state index in [4.69, 9.17) is 16.9 Å². The summed E-state index contributed by atoms with van der Waals surface area (Å²) in [7, 11) is 0. The van der Waals surface area contributed by atoms with E-state index >= 15 is 0 Å². The minimum atomic E-state index is 0.505. The average molecular weight is 472 g/mol. The molecule has 0 bridgehead atoms. The molecule has 5 rings (SSSR count). The molecular formula is C26H25N5S2. The third-order valence-corrected chi connectivity index (χ3v) is 5.27. The van der Waals surface area contributed by atoms with Gasteiger partial charge in [0.15, 0.2) is 0 Å². The van der Waals surface area contributed by atoms with Crippen molar-refractivity contribution in [3.05, 3.63) is 103 Å². The van der Waals surface area contributed by atoms with Gasteiger partial charge in [-0.3, -0.25) is 0 Å². The molecule has 0 atom stereocenters. The fraction of sp³-hybridized carbons (Fsp3) is 0. The summed E-state index contributed by atoms with van der Waals surface area (Å²) in [6.07, 6.45) is 4.76. The van der Waals surface area contributed by atoms with Gasteiger partial charge in [-0.25, -0.2) is 4.98 Å². The van der Waals surface area contributed by atoms with E-state index < -0.39 is 0 Å². The van der Waals surface area contributed by atoms with Crippen molar-refractivity contribution < 1.29 is 0 Å². The predicted octanol–water partition coefficient (Wildman–Crippen LogP) is 6.34. The smallest absolute Gasteiger partial charge is 0.137 e. The van der Waals surface area contributed by atoms with Crippen LogP contribution in [0.2, 0.25) is 0 Å². The molecule has 0 unspecified atom stereocenters. The zero-order valence-electron chi connectivity index (χ0n) is 17.8. The van der Waals surface area contributed by atoms with Crippen LogP contribution in [0.5, 0.6) is 0 Å². The fourth-order valence-corrected chi connectivity index (χ4v) is 3.43. The number of aromatic amines is 1. The number of hydrogen-bond donors (Lipinski definition) is 6. The van der Waals surface area contributed by atoms with Crippen LogP contribution in [0.15, 0.2) is 107 Å². The molecular weight excluding hydrogens is 446 g/mol. The molecule has 2 aromatic heterocycles. The Bertz CT molecular complexity index is 1260. The second-order valence-electron chi connectivity index (χ2n) is 6.98. The molecule has 0 radical (unpaired) electrons. The number of fused-ring (bicyclic) bond motifs is 1. The van der Waals surface area contributed by atoms with Crippen LogP contribution in [0.1, 0.15) is 5.56 Å². The summed E-state index contributed by atoms with van der Waals surface area (Å²) in [5, 5.41) is 8.32. The number of thiol groups is 2. The van der Waals surface area contributed by atoms with Gasteiger partial charge in [0.05, 0.1) is 0 Å². The fourth-order valence-electron chi connectivity index (χ4n) is 3.09. The maximum absolute atomic E-state index is 7.31. The molecule has 0 aliphatic heterocycles. The number of pyridine rings is 1. The summed E-state index contributed by atoms with van der Waals surface area (Å²) in [4.78, 5) is 9.36. The largest absolute Gasteiger partial charge is 0.398 e. The molecule has 0 amide bonds. The lowest BCUT2D eigenvalue weighted by Crippen LogP contribution is -2.00. The van der Waals surface area contributed by atoms with Crippen molar-refractivity contribution in [3.8, 4) is 11.1 Å². The zero-order chi connectivity index (χ0) is 23.6. The highest BCUT2D eigenvalue weighted by atomic mass is 32.1. The number of benzene rings is 3. The van der Waals surface area contributed by atoms with E-state index in [0.29, 0.717) is 16.9 Å². The van der Waals surface area contributed by atoms with Crippen LogP contribution < -0.4 is 11.5 Å². The number of aromatic nitrogens is 2. The molecule has 0 spiro atoms. The molecule has 6 N–H and O–H groups in total. The molecule has 7 heteroatoms. The van der Waals surface area contributed by atoms with Crippen LogP contribution in [0.3, 0.4) is 0 Å². The van der Waals surface area contributed by atoms with Gasteiger partial charge in [0.2, 0.25) is 0 Å². The third kappa shape index (κ3) is 6.65. The van der Waals surface area contributed by atoms with Crippen molar-refractivity contribution in [2.45, 2.75) is 9.79 Å². The lowest BCUT2D eigenvalue weighted by molar-refractivity contribution is 1.33. The van der Waals surface area contributed by atoms with E-state index in [1.54, 1.807) is 6.20 Å². The van der Waals surface area contributed by atoms with E-state index in [0.717, 1.165) is 32.0 Å². The topological polar surface area (TPSA) is 105 Å². The van der Waals surface area contributed by atoms with Gasteiger partial charge in [-0.2, -0.15) is 0 Å². The SMILES string of the molecule is N=Cc1c(N)cc(-c2ccnc3[nH]ccc23)cc1N.Sc1ccccc1.Sc1ccccc1. The van der Waals surface area contributed by atoms with Gasteiger partial charge >= 0.3 is 0 Å². The zero-order valence-corrected chi connectivity index (χ0v) is 19.6. The Morgan fingerprint density at radius 1 is 0.788 bits per heavy atom. The van der Waals surface area contributed by atoms with Gasteiger partial charge in [-0.05, 0) is 59.7 Å². The van der Waals surface area contributed by atoms with Crippen molar-refractivity contribution in [1.29, 1.82) is 5.41 Å². The molecule has 166 valence electrons.